The van der Waals surface area contributed by atoms with Crippen molar-refractivity contribution in [3.05, 3.63) is 121 Å². The van der Waals surface area contributed by atoms with Gasteiger partial charge in [-0.3, -0.25) is 14.9 Å². The fourth-order valence-electron chi connectivity index (χ4n) is 14.1. The first-order valence-electron chi connectivity index (χ1n) is 49.3. The third-order valence-corrected chi connectivity index (χ3v) is 21.3. The van der Waals surface area contributed by atoms with E-state index in [1.165, 1.54) is 0 Å². The zero-order chi connectivity index (χ0) is 104. The van der Waals surface area contributed by atoms with Gasteiger partial charge in [0.15, 0.2) is 22.9 Å². The highest BCUT2D eigenvalue weighted by Gasteiger charge is 2.58. The first-order valence-corrected chi connectivity index (χ1v) is 49.3. The van der Waals surface area contributed by atoms with Crippen LogP contribution in [0, 0.1) is 139 Å². The predicted octanol–water partition coefficient (Wildman–Crippen LogP) is 18.6. The number of aliphatic hydroxyl groups excluding tert-OH is 1. The van der Waals surface area contributed by atoms with Gasteiger partial charge in [-0.25, -0.2) is 14.5 Å². The van der Waals surface area contributed by atoms with Gasteiger partial charge >= 0.3 is 5.97 Å². The lowest BCUT2D eigenvalue weighted by molar-refractivity contribution is -0.141. The molecule has 3 aromatic carbocycles. The highest BCUT2D eigenvalue weighted by atomic mass is 16.6. The van der Waals surface area contributed by atoms with Crippen LogP contribution < -0.4 is 9.47 Å². The number of fused-ring (bicyclic) bond motifs is 5. The Kier molecular flexibility index (Phi) is 43.8. The number of hydrogen-bond acceptors (Lipinski definition) is 22. The van der Waals surface area contributed by atoms with Crippen molar-refractivity contribution < 1.29 is 83.2 Å². The zero-order valence-electron chi connectivity index (χ0n) is 89.6. The standard InChI is InChI=1S/C19H22O5.2C17H19NO.C12H18O4.C11H20N4.C11H18O2.C11H18O.C9H14O2.C9H20O/c1-18(2,3)9-10-19(21)12-23-15-14(11-22-16(15)19)24-17(20)13-7-5-4-6-8-13;1-17(2,3)10-4-5-12-19-15-8-9-16-14(13-15)7-6-11-18-16;1-17(2,3)10-4-5-12-19-15-9-8-14-7-6-11-18-16(14)13-15;1-11(2,3)4-5-12(14)7-16-9-8(13)6-15-10(9)12;1-9-12-10-7-14(8-11(2,3)4)5-6-15(10)13-9;1-10(2,3)4-5-11(12)6-8-13-9-7-11;1-10(2,3)8-9-11(12)6-4-5-7-11;1-8(2,3)4-5-9(10)6-11-7-9;1-8(2,3)6-7-9(4,5)10/h4-8,14-16,21H,11-12H2,1-3H3;2*6-9,11,13H,5,12H2,1-3H3;8-10,13-14H,6-7H2,1-3H3;5-8H2,1-4H3;12H,6-9H2,1-3H3;12H,4-7H2,1-3H3;10H,6-7H2,1-3H3;10H,6-7H2,1-5H3/t14-,15+,16-,19+;;;8-,9+,10-,12+;;;;;/m0..0...../s1. The molecule has 0 radical (unpaired) electrons. The van der Waals surface area contributed by atoms with E-state index >= 15 is 0 Å². The van der Waals surface area contributed by atoms with E-state index in [4.69, 9.17) is 42.6 Å². The number of pyridine rings is 2. The lowest BCUT2D eigenvalue weighted by Crippen LogP contribution is -2.48. The van der Waals surface area contributed by atoms with Crippen LogP contribution >= 0.6 is 0 Å². The average molecular weight is 1920 g/mol. The molecule has 23 nitrogen and oxygen atoms in total. The second-order valence-corrected chi connectivity index (χ2v) is 47.7. The molecule has 139 heavy (non-hydrogen) atoms. The molecule has 0 amide bonds. The van der Waals surface area contributed by atoms with Crippen molar-refractivity contribution in [3.63, 3.8) is 0 Å². The molecule has 0 unspecified atom stereocenters. The molecule has 14 rings (SSSR count). The number of esters is 1. The highest BCUT2D eigenvalue weighted by molar-refractivity contribution is 5.89. The Balaban J connectivity index is 0.000000243. The van der Waals surface area contributed by atoms with Gasteiger partial charge in [0.25, 0.3) is 0 Å². The maximum absolute atomic E-state index is 12.2. The van der Waals surface area contributed by atoms with E-state index in [1.807, 2.05) is 175 Å². The molecule has 10 heterocycles. The monoisotopic (exact) mass is 1920 g/mol. The number of rotatable bonds is 11. The van der Waals surface area contributed by atoms with Gasteiger partial charge in [0.05, 0.1) is 101 Å². The Hall–Kier alpha value is -8.95. The quantitative estimate of drug-likeness (QED) is 0.0360. The predicted molar refractivity (Wildman–Crippen MR) is 554 cm³/mol. The van der Waals surface area contributed by atoms with Crippen LogP contribution in [0.15, 0.2) is 103 Å². The molecule has 6 saturated heterocycles. The molecule has 7 N–H and O–H groups in total. The van der Waals surface area contributed by atoms with Gasteiger partial charge in [-0.15, -0.1) is 0 Å². The molecule has 1 saturated carbocycles. The van der Waals surface area contributed by atoms with E-state index in [2.05, 4.69) is 212 Å². The fourth-order valence-corrected chi connectivity index (χ4v) is 14.1. The number of aliphatic hydroxyl groups is 7. The summed E-state index contributed by atoms with van der Waals surface area (Å²) in [6, 6.07) is 28.6. The Morgan fingerprint density at radius 1 is 0.468 bits per heavy atom. The van der Waals surface area contributed by atoms with Crippen molar-refractivity contribution in [1.29, 1.82) is 0 Å². The summed E-state index contributed by atoms with van der Waals surface area (Å²) in [6.07, 6.45) is 8.99. The number of aromatic nitrogens is 5. The molecule has 23 heteroatoms. The van der Waals surface area contributed by atoms with E-state index in [0.717, 1.165) is 122 Å². The summed E-state index contributed by atoms with van der Waals surface area (Å²) in [5, 5.41) is 75.9. The van der Waals surface area contributed by atoms with E-state index in [0.29, 0.717) is 68.9 Å². The minimum absolute atomic E-state index is 0.0122. The van der Waals surface area contributed by atoms with Gasteiger partial charge in [-0.2, -0.15) is 5.10 Å². The first-order chi connectivity index (χ1) is 64.1. The van der Waals surface area contributed by atoms with Crippen molar-refractivity contribution in [1.82, 2.24) is 29.6 Å². The molecule has 0 spiro atoms. The highest BCUT2D eigenvalue weighted by Crippen LogP contribution is 2.38. The Morgan fingerprint density at radius 3 is 1.41 bits per heavy atom. The average Bonchev–Trinajstić information content (AvgIpc) is 1.59. The van der Waals surface area contributed by atoms with Crippen LogP contribution in [0.2, 0.25) is 0 Å². The topological polar surface area (TPSA) is 301 Å². The van der Waals surface area contributed by atoms with Crippen molar-refractivity contribution >= 4 is 27.8 Å². The van der Waals surface area contributed by atoms with Gasteiger partial charge in [-0.1, -0.05) is 155 Å². The number of nitrogens with zero attached hydrogens (tertiary/aromatic N) is 6. The Bertz CT molecular complexity index is 5190. The van der Waals surface area contributed by atoms with Gasteiger partial charge in [-0.05, 0) is 270 Å². The van der Waals surface area contributed by atoms with Gasteiger partial charge in [0, 0.05) is 106 Å². The van der Waals surface area contributed by atoms with E-state index in [9.17, 15) is 40.5 Å². The van der Waals surface area contributed by atoms with E-state index in [-0.39, 0.29) is 64.3 Å². The SMILES string of the molecule is CC(C)(C)C#CC1(O)CCCC1.CC(C)(C)C#CC1(O)CCOCC1.CC(C)(C)C#CC1(O)COC1.CC(C)(C)C#CCCOc1ccc2cccnc2c1.CC(C)(C)C#CCCOc1ccc2ncccc2c1.CC(C)(C)C#C[C@@]1(O)CO[C@@H]2[C@@H](O)CO[C@@H]21.CC(C)(C)C#C[C@@]1(O)CO[C@@H]2[C@@H](OC(=O)c3ccccc3)CO[C@@H]21.CC(C)(C)CCC(C)(C)O.Cc1nc2n(n1)CCN(CC(C)(C)C)C2. The van der Waals surface area contributed by atoms with Crippen LogP contribution in [-0.2, 0) is 46.2 Å². The summed E-state index contributed by atoms with van der Waals surface area (Å²) < 4.78 is 50.9. The van der Waals surface area contributed by atoms with Crippen LogP contribution in [0.25, 0.3) is 21.8 Å². The third kappa shape index (κ3) is 47.2. The molecule has 3 aromatic heterocycles. The van der Waals surface area contributed by atoms with Crippen molar-refractivity contribution in [2.75, 3.05) is 79.2 Å². The number of ether oxygens (including phenoxy) is 9. The molecular formula is C116H168N6O17. The van der Waals surface area contributed by atoms with Crippen LogP contribution in [0.1, 0.15) is 287 Å². The van der Waals surface area contributed by atoms with Crippen molar-refractivity contribution in [2.24, 2.45) is 48.7 Å². The van der Waals surface area contributed by atoms with Crippen LogP contribution in [0.4, 0.5) is 0 Å². The Labute approximate surface area is 834 Å². The lowest BCUT2D eigenvalue weighted by atomic mass is 9.86. The third-order valence-electron chi connectivity index (χ3n) is 21.3. The van der Waals surface area contributed by atoms with Crippen molar-refractivity contribution in [3.8, 4) is 94.4 Å². The number of benzene rings is 3. The number of aryl methyl sites for hydroxylation is 1. The molecular weight excluding hydrogens is 1750 g/mol. The number of carbonyl (C=O) groups excluding carboxylic acids is 1. The first kappa shape index (κ1) is 119. The molecule has 0 bridgehead atoms. The van der Waals surface area contributed by atoms with Crippen molar-refractivity contribution in [2.45, 2.75) is 355 Å². The molecule has 764 valence electrons. The largest absolute Gasteiger partial charge is 0.493 e. The van der Waals surface area contributed by atoms with Gasteiger partial charge < -0.3 is 78.4 Å². The molecule has 6 aromatic rings. The molecule has 8 atom stereocenters. The Morgan fingerprint density at radius 2 is 0.928 bits per heavy atom. The van der Waals surface area contributed by atoms with Crippen LogP contribution in [0.3, 0.4) is 0 Å². The minimum Gasteiger partial charge on any atom is -0.493 e. The van der Waals surface area contributed by atoms with Crippen LogP contribution in [0.5, 0.6) is 11.5 Å². The summed E-state index contributed by atoms with van der Waals surface area (Å²) in [4.78, 5) is 27.7. The molecule has 7 aliphatic heterocycles. The normalized spacial score (nSPS) is 21.9. The van der Waals surface area contributed by atoms with Gasteiger partial charge in [0.2, 0.25) is 0 Å². The van der Waals surface area contributed by atoms with E-state index < -0.39 is 76.2 Å². The maximum atomic E-state index is 12.2. The van der Waals surface area contributed by atoms with E-state index in [1.54, 1.807) is 36.7 Å². The number of hydrogen-bond donors (Lipinski definition) is 7. The lowest BCUT2D eigenvalue weighted by Gasteiger charge is -2.32. The fraction of sp³-hybridized carbons (Fsp3) is 0.647. The smallest absolute Gasteiger partial charge is 0.338 e. The molecule has 7 fully saturated rings. The summed E-state index contributed by atoms with van der Waals surface area (Å²) in [5.74, 6) is 45.7. The number of carbonyl (C=O) groups is 1. The summed E-state index contributed by atoms with van der Waals surface area (Å²) in [7, 11) is 0. The summed E-state index contributed by atoms with van der Waals surface area (Å²) in [6.45, 7) is 69.8. The zero-order valence-corrected chi connectivity index (χ0v) is 89.6. The second kappa shape index (κ2) is 51.3. The summed E-state index contributed by atoms with van der Waals surface area (Å²) in [5.41, 5.74) is -2.67. The van der Waals surface area contributed by atoms with Crippen LogP contribution in [-0.4, -0.2) is 221 Å². The maximum Gasteiger partial charge on any atom is 0.338 e. The summed E-state index contributed by atoms with van der Waals surface area (Å²) >= 11 is 0. The van der Waals surface area contributed by atoms with Gasteiger partial charge in [0.1, 0.15) is 64.9 Å². The molecule has 8 aliphatic rings. The molecule has 1 aliphatic carbocycles. The second-order valence-electron chi connectivity index (χ2n) is 47.7. The minimum atomic E-state index is -1.37.